The maximum absolute atomic E-state index is 11.8. The lowest BCUT2D eigenvalue weighted by atomic mass is 10.1. The van der Waals surface area contributed by atoms with Crippen LogP contribution in [0.4, 0.5) is 11.4 Å². The van der Waals surface area contributed by atoms with Crippen molar-refractivity contribution in [2.75, 3.05) is 19.5 Å². The minimum absolute atomic E-state index is 0.121. The first-order valence-corrected chi connectivity index (χ1v) is 7.27. The number of ether oxygens (including phenoxy) is 2. The van der Waals surface area contributed by atoms with Gasteiger partial charge in [-0.2, -0.15) is 0 Å². The fourth-order valence-corrected chi connectivity index (χ4v) is 2.30. The van der Waals surface area contributed by atoms with Crippen LogP contribution >= 0.6 is 11.6 Å². The van der Waals surface area contributed by atoms with Gasteiger partial charge in [0.25, 0.3) is 5.69 Å². The number of benzene rings is 2. The highest BCUT2D eigenvalue weighted by molar-refractivity contribution is 6.30. The minimum atomic E-state index is -0.522. The van der Waals surface area contributed by atoms with Gasteiger partial charge >= 0.3 is 5.97 Å². The molecule has 0 aliphatic carbocycles. The Balaban J connectivity index is 2.24. The van der Waals surface area contributed by atoms with Crippen molar-refractivity contribution in [2.24, 2.45) is 0 Å². The number of rotatable bonds is 6. The predicted octanol–water partition coefficient (Wildman–Crippen LogP) is 3.66. The SMILES string of the molecule is COC(=O)c1cc(CNc2ccc(Cl)cc2[N+](=O)[O-])ccc1OC. The lowest BCUT2D eigenvalue weighted by Crippen LogP contribution is -2.07. The molecule has 0 aliphatic rings. The smallest absolute Gasteiger partial charge is 0.341 e. The van der Waals surface area contributed by atoms with Gasteiger partial charge < -0.3 is 14.8 Å². The lowest BCUT2D eigenvalue weighted by Gasteiger charge is -2.11. The van der Waals surface area contributed by atoms with E-state index in [9.17, 15) is 14.9 Å². The Morgan fingerprint density at radius 1 is 1.25 bits per heavy atom. The quantitative estimate of drug-likeness (QED) is 0.485. The molecule has 0 amide bonds. The monoisotopic (exact) mass is 350 g/mol. The van der Waals surface area contributed by atoms with Gasteiger partial charge in [0.1, 0.15) is 17.0 Å². The molecule has 0 saturated heterocycles. The van der Waals surface area contributed by atoms with Gasteiger partial charge in [0.2, 0.25) is 0 Å². The van der Waals surface area contributed by atoms with Crippen LogP contribution in [0.15, 0.2) is 36.4 Å². The summed E-state index contributed by atoms with van der Waals surface area (Å²) in [6.45, 7) is 0.274. The summed E-state index contributed by atoms with van der Waals surface area (Å²) >= 11 is 5.79. The summed E-state index contributed by atoms with van der Waals surface area (Å²) in [5.74, 6) is -0.130. The molecule has 0 heterocycles. The molecule has 1 N–H and O–H groups in total. The second-order valence-corrected chi connectivity index (χ2v) is 5.23. The molecule has 2 aromatic carbocycles. The number of anilines is 1. The standard InChI is InChI=1S/C16H15ClN2O5/c1-23-15-6-3-10(7-12(15)16(20)24-2)9-18-13-5-4-11(17)8-14(13)19(21)22/h3-8,18H,9H2,1-2H3. The van der Waals surface area contributed by atoms with Crippen molar-refractivity contribution in [3.63, 3.8) is 0 Å². The number of nitrogens with zero attached hydrogens (tertiary/aromatic N) is 1. The van der Waals surface area contributed by atoms with Gasteiger partial charge in [-0.1, -0.05) is 17.7 Å². The average molecular weight is 351 g/mol. The third-order valence-electron chi connectivity index (χ3n) is 3.31. The number of nitro groups is 1. The van der Waals surface area contributed by atoms with Crippen LogP contribution < -0.4 is 10.1 Å². The maximum Gasteiger partial charge on any atom is 0.341 e. The maximum atomic E-state index is 11.8. The highest BCUT2D eigenvalue weighted by Gasteiger charge is 2.16. The molecule has 0 fully saturated rings. The molecular weight excluding hydrogens is 336 g/mol. The predicted molar refractivity (Wildman–Crippen MR) is 89.8 cm³/mol. The van der Waals surface area contributed by atoms with Crippen LogP contribution in [0, 0.1) is 10.1 Å². The van der Waals surface area contributed by atoms with Crippen LogP contribution in [0.25, 0.3) is 0 Å². The summed E-state index contributed by atoms with van der Waals surface area (Å²) < 4.78 is 9.84. The van der Waals surface area contributed by atoms with Crippen LogP contribution in [0.5, 0.6) is 5.75 Å². The Hall–Kier alpha value is -2.80. The van der Waals surface area contributed by atoms with Gasteiger partial charge in [-0.15, -0.1) is 0 Å². The van der Waals surface area contributed by atoms with Gasteiger partial charge in [0.05, 0.1) is 19.1 Å². The fourth-order valence-electron chi connectivity index (χ4n) is 2.14. The van der Waals surface area contributed by atoms with Gasteiger partial charge in [0, 0.05) is 17.6 Å². The van der Waals surface area contributed by atoms with Crippen molar-refractivity contribution < 1.29 is 19.2 Å². The van der Waals surface area contributed by atoms with E-state index in [1.54, 1.807) is 24.3 Å². The number of methoxy groups -OCH3 is 2. The topological polar surface area (TPSA) is 90.7 Å². The molecule has 0 bridgehead atoms. The molecule has 0 saturated carbocycles. The van der Waals surface area contributed by atoms with Crippen molar-refractivity contribution in [3.8, 4) is 5.75 Å². The number of nitro benzene ring substituents is 1. The van der Waals surface area contributed by atoms with Crippen molar-refractivity contribution in [1.82, 2.24) is 0 Å². The summed E-state index contributed by atoms with van der Waals surface area (Å²) in [6.07, 6.45) is 0. The van der Waals surface area contributed by atoms with Gasteiger partial charge in [-0.05, 0) is 29.8 Å². The van der Waals surface area contributed by atoms with Crippen molar-refractivity contribution >= 4 is 28.9 Å². The molecule has 7 nitrogen and oxygen atoms in total. The molecule has 0 unspecified atom stereocenters. The van der Waals surface area contributed by atoms with Crippen LogP contribution in [-0.2, 0) is 11.3 Å². The lowest BCUT2D eigenvalue weighted by molar-refractivity contribution is -0.383. The van der Waals surface area contributed by atoms with E-state index in [1.165, 1.54) is 26.4 Å². The Kier molecular flexibility index (Phi) is 5.59. The van der Waals surface area contributed by atoms with E-state index < -0.39 is 10.9 Å². The molecule has 2 rings (SSSR count). The molecule has 2 aromatic rings. The number of carbonyl (C=O) groups excluding carboxylic acids is 1. The van der Waals surface area contributed by atoms with Crippen molar-refractivity contribution in [2.45, 2.75) is 6.54 Å². The Bertz CT molecular complexity index is 779. The number of hydrogen-bond acceptors (Lipinski definition) is 6. The zero-order valence-electron chi connectivity index (χ0n) is 13.0. The zero-order valence-corrected chi connectivity index (χ0v) is 13.8. The van der Waals surface area contributed by atoms with Gasteiger partial charge in [0.15, 0.2) is 0 Å². The minimum Gasteiger partial charge on any atom is -0.496 e. The van der Waals surface area contributed by atoms with E-state index in [4.69, 9.17) is 21.1 Å². The van der Waals surface area contributed by atoms with Crippen molar-refractivity contribution in [3.05, 3.63) is 62.7 Å². The van der Waals surface area contributed by atoms with Crippen molar-refractivity contribution in [1.29, 1.82) is 0 Å². The summed E-state index contributed by atoms with van der Waals surface area (Å²) in [6, 6.07) is 9.37. The highest BCUT2D eigenvalue weighted by Crippen LogP contribution is 2.28. The largest absolute Gasteiger partial charge is 0.496 e. The summed E-state index contributed by atoms with van der Waals surface area (Å²) in [5, 5.41) is 14.3. The van der Waals surface area contributed by atoms with E-state index in [1.807, 2.05) is 0 Å². The molecule has 24 heavy (non-hydrogen) atoms. The molecular formula is C16H15ClN2O5. The molecule has 0 atom stereocenters. The first-order valence-electron chi connectivity index (χ1n) is 6.89. The second kappa shape index (κ2) is 7.65. The summed E-state index contributed by atoms with van der Waals surface area (Å²) in [7, 11) is 2.74. The molecule has 8 heteroatoms. The van der Waals surface area contributed by atoms with E-state index in [2.05, 4.69) is 5.32 Å². The van der Waals surface area contributed by atoms with Gasteiger partial charge in [-0.3, -0.25) is 10.1 Å². The number of esters is 1. The highest BCUT2D eigenvalue weighted by atomic mass is 35.5. The zero-order chi connectivity index (χ0) is 17.7. The van der Waals surface area contributed by atoms with Crippen LogP contribution in [0.2, 0.25) is 5.02 Å². The molecule has 0 aliphatic heterocycles. The van der Waals surface area contributed by atoms with Gasteiger partial charge in [-0.25, -0.2) is 4.79 Å². The fraction of sp³-hybridized carbons (Fsp3) is 0.188. The first-order chi connectivity index (χ1) is 11.5. The second-order valence-electron chi connectivity index (χ2n) is 4.80. The normalized spacial score (nSPS) is 10.1. The molecule has 126 valence electrons. The van der Waals surface area contributed by atoms with E-state index >= 15 is 0 Å². The molecule has 0 aromatic heterocycles. The van der Waals surface area contributed by atoms with E-state index in [0.29, 0.717) is 11.4 Å². The Labute approximate surface area is 143 Å². The molecule has 0 radical (unpaired) electrons. The number of carbonyl (C=O) groups is 1. The third-order valence-corrected chi connectivity index (χ3v) is 3.54. The van der Waals surface area contributed by atoms with Crippen LogP contribution in [-0.4, -0.2) is 25.1 Å². The summed E-state index contributed by atoms with van der Waals surface area (Å²) in [5.41, 5.74) is 1.23. The van der Waals surface area contributed by atoms with Crippen LogP contribution in [0.3, 0.4) is 0 Å². The van der Waals surface area contributed by atoms with E-state index in [-0.39, 0.29) is 22.8 Å². The number of halogens is 1. The average Bonchev–Trinajstić information content (AvgIpc) is 2.59. The first kappa shape index (κ1) is 17.6. The summed E-state index contributed by atoms with van der Waals surface area (Å²) in [4.78, 5) is 22.3. The van der Waals surface area contributed by atoms with Crippen LogP contribution in [0.1, 0.15) is 15.9 Å². The molecule has 0 spiro atoms. The Morgan fingerprint density at radius 3 is 2.62 bits per heavy atom. The number of hydrogen-bond donors (Lipinski definition) is 1. The number of nitrogens with one attached hydrogen (secondary N) is 1. The third kappa shape index (κ3) is 3.94. The Morgan fingerprint density at radius 2 is 2.00 bits per heavy atom. The van der Waals surface area contributed by atoms with E-state index in [0.717, 1.165) is 5.56 Å².